The molecule has 0 saturated heterocycles. The molecule has 3 aromatic rings. The number of carbonyl (C=O) groups is 3. The standard InChI is InChI=1S/C23H23N3O6S/c1-5-31-16-9-7-15(8-10-16)26-12-11-17(28)19(25-26)21(29)24-22-18(23(30)32-6-2)13(3)20(33-22)14(4)27/h7-12H,5-6H2,1-4H3,(H,24,29). The Bertz CT molecular complexity index is 1260. The van der Waals surface area contributed by atoms with Crippen molar-refractivity contribution < 1.29 is 23.9 Å². The van der Waals surface area contributed by atoms with Crippen LogP contribution in [-0.4, -0.2) is 40.7 Å². The molecule has 0 fully saturated rings. The van der Waals surface area contributed by atoms with E-state index >= 15 is 0 Å². The molecule has 3 rings (SSSR count). The summed E-state index contributed by atoms with van der Waals surface area (Å²) >= 11 is 0.951. The van der Waals surface area contributed by atoms with Gasteiger partial charge in [-0.25, -0.2) is 9.48 Å². The van der Waals surface area contributed by atoms with Crippen LogP contribution in [0.15, 0.2) is 41.3 Å². The molecule has 0 spiro atoms. The number of aromatic nitrogens is 2. The van der Waals surface area contributed by atoms with E-state index in [1.54, 1.807) is 38.1 Å². The first kappa shape index (κ1) is 23.9. The van der Waals surface area contributed by atoms with E-state index in [9.17, 15) is 19.2 Å². The van der Waals surface area contributed by atoms with Gasteiger partial charge in [-0.2, -0.15) is 5.10 Å². The molecule has 0 aliphatic rings. The van der Waals surface area contributed by atoms with Crippen molar-refractivity contribution in [1.82, 2.24) is 9.78 Å². The maximum Gasteiger partial charge on any atom is 0.341 e. The number of ketones is 1. The number of hydrogen-bond acceptors (Lipinski definition) is 8. The van der Waals surface area contributed by atoms with Gasteiger partial charge in [-0.05, 0) is 57.5 Å². The fourth-order valence-electron chi connectivity index (χ4n) is 3.12. The van der Waals surface area contributed by atoms with Crippen molar-refractivity contribution in [3.05, 3.63) is 68.4 Å². The van der Waals surface area contributed by atoms with Crippen LogP contribution in [0, 0.1) is 6.92 Å². The van der Waals surface area contributed by atoms with Crippen molar-refractivity contribution >= 4 is 34.0 Å². The van der Waals surface area contributed by atoms with Crippen LogP contribution in [-0.2, 0) is 4.74 Å². The summed E-state index contributed by atoms with van der Waals surface area (Å²) in [4.78, 5) is 50.1. The van der Waals surface area contributed by atoms with Gasteiger partial charge in [0.25, 0.3) is 5.91 Å². The van der Waals surface area contributed by atoms with Gasteiger partial charge in [0.2, 0.25) is 5.43 Å². The number of carbonyl (C=O) groups excluding carboxylic acids is 3. The second kappa shape index (κ2) is 10.2. The number of Topliss-reactive ketones (excluding diaryl/α,β-unsaturated/α-hetero) is 1. The quantitative estimate of drug-likeness (QED) is 0.395. The van der Waals surface area contributed by atoms with Crippen molar-refractivity contribution in [2.24, 2.45) is 0 Å². The lowest BCUT2D eigenvalue weighted by Crippen LogP contribution is -2.25. The smallest absolute Gasteiger partial charge is 0.341 e. The van der Waals surface area contributed by atoms with Crippen molar-refractivity contribution in [2.45, 2.75) is 27.7 Å². The lowest BCUT2D eigenvalue weighted by atomic mass is 10.1. The lowest BCUT2D eigenvalue weighted by Gasteiger charge is -2.09. The maximum absolute atomic E-state index is 12.9. The van der Waals surface area contributed by atoms with E-state index in [1.165, 1.54) is 23.9 Å². The molecule has 10 heteroatoms. The number of ether oxygens (including phenoxy) is 2. The second-order valence-corrected chi connectivity index (χ2v) is 7.91. The summed E-state index contributed by atoms with van der Waals surface area (Å²) in [5.74, 6) is -1.04. The van der Waals surface area contributed by atoms with E-state index in [2.05, 4.69) is 10.4 Å². The lowest BCUT2D eigenvalue weighted by molar-refractivity contribution is 0.0527. The van der Waals surface area contributed by atoms with Crippen LogP contribution in [0.5, 0.6) is 5.75 Å². The monoisotopic (exact) mass is 469 g/mol. The number of benzene rings is 1. The molecule has 1 aromatic carbocycles. The first-order chi connectivity index (χ1) is 15.8. The predicted octanol–water partition coefficient (Wildman–Crippen LogP) is 3.63. The molecule has 0 unspecified atom stereocenters. The molecule has 0 aliphatic carbocycles. The molecule has 0 bridgehead atoms. The molecule has 0 atom stereocenters. The van der Waals surface area contributed by atoms with Gasteiger partial charge < -0.3 is 14.8 Å². The molecule has 0 aliphatic heterocycles. The van der Waals surface area contributed by atoms with Gasteiger partial charge in [0.15, 0.2) is 11.5 Å². The largest absolute Gasteiger partial charge is 0.494 e. The average molecular weight is 470 g/mol. The van der Waals surface area contributed by atoms with Gasteiger partial charge in [0.05, 0.1) is 29.3 Å². The zero-order valence-electron chi connectivity index (χ0n) is 18.6. The first-order valence-electron chi connectivity index (χ1n) is 10.2. The molecule has 1 amide bonds. The van der Waals surface area contributed by atoms with Crippen LogP contribution in [0.4, 0.5) is 5.00 Å². The summed E-state index contributed by atoms with van der Waals surface area (Å²) < 4.78 is 11.9. The molecule has 33 heavy (non-hydrogen) atoms. The van der Waals surface area contributed by atoms with E-state index in [-0.39, 0.29) is 28.6 Å². The van der Waals surface area contributed by atoms with Crippen LogP contribution in [0.3, 0.4) is 0 Å². The Morgan fingerprint density at radius 3 is 2.39 bits per heavy atom. The number of nitrogens with zero attached hydrogens (tertiary/aromatic N) is 2. The third-order valence-electron chi connectivity index (χ3n) is 4.61. The van der Waals surface area contributed by atoms with E-state index in [0.29, 0.717) is 28.5 Å². The molecule has 2 heterocycles. The minimum Gasteiger partial charge on any atom is -0.494 e. The third-order valence-corrected chi connectivity index (χ3v) is 5.92. The summed E-state index contributed by atoms with van der Waals surface area (Å²) in [6.07, 6.45) is 1.45. The normalized spacial score (nSPS) is 10.5. The third kappa shape index (κ3) is 5.17. The summed E-state index contributed by atoms with van der Waals surface area (Å²) in [5.41, 5.74) is 0.159. The molecule has 0 saturated carbocycles. The van der Waals surface area contributed by atoms with Crippen LogP contribution in [0.2, 0.25) is 0 Å². The highest BCUT2D eigenvalue weighted by Gasteiger charge is 2.26. The maximum atomic E-state index is 12.9. The van der Waals surface area contributed by atoms with Gasteiger partial charge in [-0.15, -0.1) is 11.3 Å². The van der Waals surface area contributed by atoms with E-state index < -0.39 is 17.3 Å². The number of amides is 1. The van der Waals surface area contributed by atoms with Crippen LogP contribution in [0.25, 0.3) is 5.69 Å². The highest BCUT2D eigenvalue weighted by molar-refractivity contribution is 7.18. The highest BCUT2D eigenvalue weighted by atomic mass is 32.1. The van der Waals surface area contributed by atoms with E-state index in [1.807, 2.05) is 6.92 Å². The topological polar surface area (TPSA) is 117 Å². The molecular weight excluding hydrogens is 446 g/mol. The molecule has 9 nitrogen and oxygen atoms in total. The summed E-state index contributed by atoms with van der Waals surface area (Å²) in [6, 6.07) is 8.21. The Hall–Kier alpha value is -3.79. The summed E-state index contributed by atoms with van der Waals surface area (Å²) in [6.45, 7) is 7.17. The van der Waals surface area contributed by atoms with Crippen molar-refractivity contribution in [1.29, 1.82) is 0 Å². The Labute approximate surface area is 194 Å². The molecular formula is C23H23N3O6S. The van der Waals surface area contributed by atoms with E-state index in [0.717, 1.165) is 11.3 Å². The Morgan fingerprint density at radius 1 is 1.09 bits per heavy atom. The van der Waals surface area contributed by atoms with Crippen LogP contribution >= 0.6 is 11.3 Å². The number of nitrogens with one attached hydrogen (secondary N) is 1. The van der Waals surface area contributed by atoms with Gasteiger partial charge >= 0.3 is 5.97 Å². The highest BCUT2D eigenvalue weighted by Crippen LogP contribution is 2.34. The molecule has 0 radical (unpaired) electrons. The molecule has 1 N–H and O–H groups in total. The Kier molecular flexibility index (Phi) is 7.39. The second-order valence-electron chi connectivity index (χ2n) is 6.89. The Morgan fingerprint density at radius 2 is 1.79 bits per heavy atom. The minimum absolute atomic E-state index is 0.0863. The number of anilines is 1. The summed E-state index contributed by atoms with van der Waals surface area (Å²) in [7, 11) is 0. The SMILES string of the molecule is CCOC(=O)c1c(NC(=O)c2nn(-c3ccc(OCC)cc3)ccc2=O)sc(C(C)=O)c1C. The number of thiophene rings is 1. The fourth-order valence-corrected chi connectivity index (χ4v) is 4.20. The molecule has 2 aromatic heterocycles. The van der Waals surface area contributed by atoms with Gasteiger partial charge in [0, 0.05) is 12.3 Å². The van der Waals surface area contributed by atoms with E-state index in [4.69, 9.17) is 9.47 Å². The Balaban J connectivity index is 1.96. The summed E-state index contributed by atoms with van der Waals surface area (Å²) in [5, 5.41) is 6.84. The fraction of sp³-hybridized carbons (Fsp3) is 0.261. The average Bonchev–Trinajstić information content (AvgIpc) is 3.11. The van der Waals surface area contributed by atoms with Crippen molar-refractivity contribution in [3.63, 3.8) is 0 Å². The zero-order valence-corrected chi connectivity index (χ0v) is 19.4. The van der Waals surface area contributed by atoms with Crippen molar-refractivity contribution in [3.8, 4) is 11.4 Å². The number of esters is 1. The van der Waals surface area contributed by atoms with Gasteiger partial charge in [-0.3, -0.25) is 14.4 Å². The molecule has 172 valence electrons. The van der Waals surface area contributed by atoms with Crippen LogP contribution in [0.1, 0.15) is 56.9 Å². The van der Waals surface area contributed by atoms with Crippen molar-refractivity contribution in [2.75, 3.05) is 18.5 Å². The predicted molar refractivity (Wildman–Crippen MR) is 124 cm³/mol. The number of rotatable bonds is 8. The van der Waals surface area contributed by atoms with Gasteiger partial charge in [0.1, 0.15) is 10.8 Å². The minimum atomic E-state index is -0.804. The van der Waals surface area contributed by atoms with Gasteiger partial charge in [-0.1, -0.05) is 0 Å². The number of hydrogen-bond donors (Lipinski definition) is 1. The zero-order chi connectivity index (χ0) is 24.1. The van der Waals surface area contributed by atoms with Crippen LogP contribution < -0.4 is 15.5 Å². The first-order valence-corrected chi connectivity index (χ1v) is 11.0.